The third-order valence-corrected chi connectivity index (χ3v) is 2.74. The molecule has 0 spiro atoms. The maximum absolute atomic E-state index is 11.7. The Morgan fingerprint density at radius 3 is 3.12 bits per heavy atom. The predicted octanol–water partition coefficient (Wildman–Crippen LogP) is 1.32. The Morgan fingerprint density at radius 2 is 2.35 bits per heavy atom. The molecule has 0 bridgehead atoms. The molecule has 0 aromatic carbocycles. The van der Waals surface area contributed by atoms with Gasteiger partial charge in [-0.25, -0.2) is 9.97 Å². The number of hydrogen-bond donors (Lipinski definition) is 0. The topological polar surface area (TPSA) is 71.6 Å². The Bertz CT molecular complexity index is 644. The average Bonchev–Trinajstić information content (AvgIpc) is 2.35. The standard InChI is InChI=1S/C11H7BrN4O/c12-9-5-14-7-16(11(9)17)6-8-2-1-3-15-10(8)4-13/h1-3,5,7H,6H2. The van der Waals surface area contributed by atoms with Crippen LogP contribution in [0.1, 0.15) is 11.3 Å². The quantitative estimate of drug-likeness (QED) is 0.836. The molecule has 2 heterocycles. The lowest BCUT2D eigenvalue weighted by Gasteiger charge is -2.06. The van der Waals surface area contributed by atoms with Gasteiger partial charge in [-0.1, -0.05) is 6.07 Å². The van der Waals surface area contributed by atoms with Crippen LogP contribution in [0.2, 0.25) is 0 Å². The van der Waals surface area contributed by atoms with E-state index in [0.29, 0.717) is 15.7 Å². The second kappa shape index (κ2) is 4.89. The van der Waals surface area contributed by atoms with Crippen molar-refractivity contribution >= 4 is 15.9 Å². The maximum Gasteiger partial charge on any atom is 0.267 e. The molecule has 0 amide bonds. The maximum atomic E-state index is 11.7. The summed E-state index contributed by atoms with van der Waals surface area (Å²) in [7, 11) is 0. The van der Waals surface area contributed by atoms with E-state index < -0.39 is 0 Å². The van der Waals surface area contributed by atoms with E-state index in [-0.39, 0.29) is 12.1 Å². The van der Waals surface area contributed by atoms with E-state index in [9.17, 15) is 4.79 Å². The van der Waals surface area contributed by atoms with Crippen molar-refractivity contribution < 1.29 is 0 Å². The minimum atomic E-state index is -0.187. The highest BCUT2D eigenvalue weighted by atomic mass is 79.9. The third kappa shape index (κ3) is 2.40. The number of nitriles is 1. The molecule has 0 aliphatic rings. The van der Waals surface area contributed by atoms with Crippen molar-refractivity contribution in [2.45, 2.75) is 6.54 Å². The van der Waals surface area contributed by atoms with Gasteiger partial charge in [0.1, 0.15) is 16.2 Å². The van der Waals surface area contributed by atoms with Gasteiger partial charge in [0.15, 0.2) is 0 Å². The van der Waals surface area contributed by atoms with E-state index in [0.717, 1.165) is 0 Å². The van der Waals surface area contributed by atoms with Crippen LogP contribution in [0.15, 0.2) is 40.1 Å². The van der Waals surface area contributed by atoms with Crippen molar-refractivity contribution in [3.63, 3.8) is 0 Å². The van der Waals surface area contributed by atoms with Gasteiger partial charge in [0.2, 0.25) is 0 Å². The normalized spacial score (nSPS) is 9.88. The van der Waals surface area contributed by atoms with Gasteiger partial charge in [-0.3, -0.25) is 9.36 Å². The first-order valence-corrected chi connectivity index (χ1v) is 5.55. The van der Waals surface area contributed by atoms with E-state index in [1.807, 2.05) is 6.07 Å². The van der Waals surface area contributed by atoms with Crippen molar-refractivity contribution in [2.24, 2.45) is 0 Å². The summed E-state index contributed by atoms with van der Waals surface area (Å²) in [5.41, 5.74) is 0.823. The Labute approximate surface area is 106 Å². The largest absolute Gasteiger partial charge is 0.294 e. The van der Waals surface area contributed by atoms with Crippen molar-refractivity contribution in [2.75, 3.05) is 0 Å². The zero-order valence-corrected chi connectivity index (χ0v) is 10.3. The summed E-state index contributed by atoms with van der Waals surface area (Å²) in [6, 6.07) is 5.48. The molecule has 5 nitrogen and oxygen atoms in total. The molecule has 0 saturated carbocycles. The number of rotatable bonds is 2. The minimum Gasteiger partial charge on any atom is -0.294 e. The predicted molar refractivity (Wildman–Crippen MR) is 64.3 cm³/mol. The first kappa shape index (κ1) is 11.5. The van der Waals surface area contributed by atoms with E-state index >= 15 is 0 Å². The van der Waals surface area contributed by atoms with Crippen molar-refractivity contribution in [1.29, 1.82) is 5.26 Å². The van der Waals surface area contributed by atoms with Gasteiger partial charge in [-0.15, -0.1) is 0 Å². The van der Waals surface area contributed by atoms with Gasteiger partial charge >= 0.3 is 0 Å². The smallest absolute Gasteiger partial charge is 0.267 e. The van der Waals surface area contributed by atoms with Crippen LogP contribution in [0.25, 0.3) is 0 Å². The molecule has 2 aromatic heterocycles. The number of nitrogens with zero attached hydrogens (tertiary/aromatic N) is 4. The molecule has 0 radical (unpaired) electrons. The first-order valence-electron chi connectivity index (χ1n) is 4.76. The van der Waals surface area contributed by atoms with Crippen LogP contribution in [-0.4, -0.2) is 14.5 Å². The molecule has 0 atom stereocenters. The van der Waals surface area contributed by atoms with Crippen LogP contribution in [0.3, 0.4) is 0 Å². The Morgan fingerprint density at radius 1 is 1.53 bits per heavy atom. The number of aromatic nitrogens is 3. The monoisotopic (exact) mass is 290 g/mol. The fourth-order valence-corrected chi connectivity index (χ4v) is 1.73. The van der Waals surface area contributed by atoms with Crippen LogP contribution in [-0.2, 0) is 6.54 Å². The van der Waals surface area contributed by atoms with Crippen molar-refractivity contribution in [3.05, 3.63) is 56.9 Å². The lowest BCUT2D eigenvalue weighted by atomic mass is 10.2. The van der Waals surface area contributed by atoms with Crippen LogP contribution in [0.4, 0.5) is 0 Å². The highest BCUT2D eigenvalue weighted by molar-refractivity contribution is 9.10. The van der Waals surface area contributed by atoms with Crippen LogP contribution >= 0.6 is 15.9 Å². The molecule has 0 unspecified atom stereocenters. The summed E-state index contributed by atoms with van der Waals surface area (Å²) in [4.78, 5) is 19.6. The fraction of sp³-hybridized carbons (Fsp3) is 0.0909. The Balaban J connectivity index is 2.43. The molecular weight excluding hydrogens is 284 g/mol. The van der Waals surface area contributed by atoms with Gasteiger partial charge in [0, 0.05) is 18.0 Å². The summed E-state index contributed by atoms with van der Waals surface area (Å²) in [6.07, 6.45) is 4.42. The number of hydrogen-bond acceptors (Lipinski definition) is 4. The summed E-state index contributed by atoms with van der Waals surface area (Å²) >= 11 is 3.12. The molecule has 6 heteroatoms. The molecule has 2 rings (SSSR count). The molecule has 84 valence electrons. The molecule has 0 saturated heterocycles. The van der Waals surface area contributed by atoms with E-state index in [1.165, 1.54) is 17.1 Å². The van der Waals surface area contributed by atoms with Gasteiger partial charge in [0.05, 0.1) is 12.9 Å². The second-order valence-corrected chi connectivity index (χ2v) is 4.15. The molecule has 0 aliphatic heterocycles. The summed E-state index contributed by atoms with van der Waals surface area (Å²) in [5, 5.41) is 8.90. The Hall–Kier alpha value is -2.00. The van der Waals surface area contributed by atoms with Crippen molar-refractivity contribution in [1.82, 2.24) is 14.5 Å². The van der Waals surface area contributed by atoms with Crippen LogP contribution < -0.4 is 5.56 Å². The van der Waals surface area contributed by atoms with Gasteiger partial charge in [-0.05, 0) is 22.0 Å². The minimum absolute atomic E-state index is 0.187. The average molecular weight is 291 g/mol. The molecule has 2 aromatic rings. The van der Waals surface area contributed by atoms with Crippen LogP contribution in [0, 0.1) is 11.3 Å². The van der Waals surface area contributed by atoms with E-state index in [2.05, 4.69) is 25.9 Å². The molecule has 0 N–H and O–H groups in total. The summed E-state index contributed by atoms with van der Waals surface area (Å²) in [5.74, 6) is 0. The third-order valence-electron chi connectivity index (χ3n) is 2.20. The van der Waals surface area contributed by atoms with Crippen molar-refractivity contribution in [3.8, 4) is 6.07 Å². The lowest BCUT2D eigenvalue weighted by molar-refractivity contribution is 0.726. The summed E-state index contributed by atoms with van der Waals surface area (Å²) in [6.45, 7) is 0.280. The highest BCUT2D eigenvalue weighted by Crippen LogP contribution is 2.06. The molecule has 0 aliphatic carbocycles. The van der Waals surface area contributed by atoms with Gasteiger partial charge < -0.3 is 0 Å². The van der Waals surface area contributed by atoms with Gasteiger partial charge in [0.25, 0.3) is 5.56 Å². The highest BCUT2D eigenvalue weighted by Gasteiger charge is 2.06. The number of pyridine rings is 1. The van der Waals surface area contributed by atoms with Crippen LogP contribution in [0.5, 0.6) is 0 Å². The lowest BCUT2D eigenvalue weighted by Crippen LogP contribution is -2.21. The zero-order valence-electron chi connectivity index (χ0n) is 8.67. The van der Waals surface area contributed by atoms with E-state index in [4.69, 9.17) is 5.26 Å². The molecular formula is C11H7BrN4O. The molecule has 0 fully saturated rings. The summed E-state index contributed by atoms with van der Waals surface area (Å²) < 4.78 is 1.81. The van der Waals surface area contributed by atoms with Gasteiger partial charge in [-0.2, -0.15) is 5.26 Å². The van der Waals surface area contributed by atoms with E-state index in [1.54, 1.807) is 18.3 Å². The SMILES string of the molecule is N#Cc1ncccc1Cn1cncc(Br)c1=O. The zero-order chi connectivity index (χ0) is 12.3. The first-order chi connectivity index (χ1) is 8.22. The number of halogens is 1. The second-order valence-electron chi connectivity index (χ2n) is 3.30. The fourth-order valence-electron chi connectivity index (χ4n) is 1.39. The Kier molecular flexibility index (Phi) is 3.30. The molecule has 17 heavy (non-hydrogen) atoms.